The molecule has 6 heteroatoms. The van der Waals surface area contributed by atoms with Crippen molar-refractivity contribution in [1.29, 1.82) is 0 Å². The van der Waals surface area contributed by atoms with E-state index in [0.29, 0.717) is 19.7 Å². The van der Waals surface area contributed by atoms with Crippen LogP contribution in [0.1, 0.15) is 29.5 Å². The fourth-order valence-corrected chi connectivity index (χ4v) is 3.50. The lowest BCUT2D eigenvalue weighted by atomic mass is 9.97. The average Bonchev–Trinajstić information content (AvgIpc) is 2.52. The third kappa shape index (κ3) is 5.74. The van der Waals surface area contributed by atoms with Crippen molar-refractivity contribution in [2.45, 2.75) is 33.6 Å². The van der Waals surface area contributed by atoms with Crippen LogP contribution in [-0.4, -0.2) is 49.5 Å². The largest absolute Gasteiger partial charge is 0.491 e. The predicted octanol–water partition coefficient (Wildman–Crippen LogP) is 1.30. The van der Waals surface area contributed by atoms with Gasteiger partial charge < -0.3 is 15.8 Å². The molecule has 25 heavy (non-hydrogen) atoms. The quantitative estimate of drug-likeness (QED) is 0.728. The van der Waals surface area contributed by atoms with Crippen LogP contribution in [0.2, 0.25) is 0 Å². The van der Waals surface area contributed by atoms with Crippen LogP contribution in [0.25, 0.3) is 0 Å². The fourth-order valence-electron chi connectivity index (χ4n) is 3.50. The number of benzene rings is 1. The fraction of sp³-hybridized carbons (Fsp3) is 0.579. The maximum absolute atomic E-state index is 12.3. The van der Waals surface area contributed by atoms with Crippen molar-refractivity contribution < 1.29 is 14.3 Å². The van der Waals surface area contributed by atoms with E-state index in [1.54, 1.807) is 0 Å². The first-order valence-electron chi connectivity index (χ1n) is 8.86. The molecule has 1 aromatic carbocycles. The molecule has 1 atom stereocenters. The minimum atomic E-state index is -0.349. The van der Waals surface area contributed by atoms with E-state index in [2.05, 4.69) is 24.4 Å². The average molecular weight is 347 g/mol. The van der Waals surface area contributed by atoms with Gasteiger partial charge >= 0.3 is 0 Å². The summed E-state index contributed by atoms with van der Waals surface area (Å²) in [7, 11) is 0. The molecule has 1 aliphatic heterocycles. The van der Waals surface area contributed by atoms with Gasteiger partial charge in [-0.2, -0.15) is 0 Å². The minimum Gasteiger partial charge on any atom is -0.491 e. The van der Waals surface area contributed by atoms with Crippen molar-refractivity contribution in [2.24, 2.45) is 11.7 Å². The number of amides is 2. The summed E-state index contributed by atoms with van der Waals surface area (Å²) in [4.78, 5) is 25.3. The highest BCUT2D eigenvalue weighted by atomic mass is 16.5. The van der Waals surface area contributed by atoms with Gasteiger partial charge in [0.25, 0.3) is 0 Å². The number of nitrogens with zero attached hydrogens (tertiary/aromatic N) is 1. The molecule has 1 fully saturated rings. The van der Waals surface area contributed by atoms with Gasteiger partial charge in [0.05, 0.1) is 19.0 Å². The number of nitrogens with two attached hydrogens (primary N) is 1. The van der Waals surface area contributed by atoms with Crippen molar-refractivity contribution in [3.63, 3.8) is 0 Å². The second kappa shape index (κ2) is 8.85. The molecule has 1 heterocycles. The maximum atomic E-state index is 12.3. The number of rotatable bonds is 7. The van der Waals surface area contributed by atoms with E-state index < -0.39 is 0 Å². The Labute approximate surface area is 149 Å². The van der Waals surface area contributed by atoms with Gasteiger partial charge in [-0.3, -0.25) is 14.5 Å². The molecule has 1 saturated heterocycles. The summed E-state index contributed by atoms with van der Waals surface area (Å²) in [6, 6.07) is 4.19. The molecule has 3 N–H and O–H groups in total. The van der Waals surface area contributed by atoms with Crippen molar-refractivity contribution >= 4 is 11.8 Å². The monoisotopic (exact) mass is 347 g/mol. The van der Waals surface area contributed by atoms with E-state index in [0.717, 1.165) is 36.3 Å². The zero-order valence-electron chi connectivity index (χ0n) is 15.4. The topological polar surface area (TPSA) is 84.7 Å². The zero-order valence-corrected chi connectivity index (χ0v) is 15.4. The van der Waals surface area contributed by atoms with Crippen LogP contribution in [-0.2, 0) is 9.59 Å². The van der Waals surface area contributed by atoms with E-state index >= 15 is 0 Å². The maximum Gasteiger partial charge on any atom is 0.231 e. The van der Waals surface area contributed by atoms with Crippen LogP contribution in [0.4, 0.5) is 0 Å². The lowest BCUT2D eigenvalue weighted by molar-refractivity contribution is -0.128. The van der Waals surface area contributed by atoms with Gasteiger partial charge in [0.1, 0.15) is 12.4 Å². The molecule has 1 aromatic rings. The molecule has 1 aliphatic rings. The van der Waals surface area contributed by atoms with Gasteiger partial charge in [0.15, 0.2) is 0 Å². The Morgan fingerprint density at radius 2 is 1.96 bits per heavy atom. The molecular formula is C19H29N3O3. The molecule has 0 radical (unpaired) electrons. The third-order valence-corrected chi connectivity index (χ3v) is 4.51. The standard InChI is InChI=1S/C19H29N3O3/c1-13-9-14(2)18(15(3)10-13)25-8-6-21-19(24)16-5-4-7-22(11-16)12-17(20)23/h9-10,16H,4-8,11-12H2,1-3H3,(H2,20,23)(H,21,24)/t16-/m0/s1. The number of aryl methyl sites for hydroxylation is 3. The molecule has 2 rings (SSSR count). The van der Waals surface area contributed by atoms with Crippen LogP contribution in [0.15, 0.2) is 12.1 Å². The number of primary amides is 1. The highest BCUT2D eigenvalue weighted by Gasteiger charge is 2.26. The Morgan fingerprint density at radius 1 is 1.28 bits per heavy atom. The van der Waals surface area contributed by atoms with E-state index in [4.69, 9.17) is 10.5 Å². The van der Waals surface area contributed by atoms with Gasteiger partial charge in [-0.1, -0.05) is 17.7 Å². The van der Waals surface area contributed by atoms with E-state index in [-0.39, 0.29) is 24.3 Å². The SMILES string of the molecule is Cc1cc(C)c(OCCNC(=O)[C@H]2CCCN(CC(N)=O)C2)c(C)c1. The number of hydrogen-bond donors (Lipinski definition) is 2. The summed E-state index contributed by atoms with van der Waals surface area (Å²) >= 11 is 0. The molecule has 6 nitrogen and oxygen atoms in total. The molecular weight excluding hydrogens is 318 g/mol. The molecule has 0 bridgehead atoms. The van der Waals surface area contributed by atoms with Crippen molar-refractivity contribution in [2.75, 3.05) is 32.8 Å². The number of carbonyl (C=O) groups excluding carboxylic acids is 2. The van der Waals surface area contributed by atoms with Gasteiger partial charge in [0.2, 0.25) is 11.8 Å². The van der Waals surface area contributed by atoms with Gasteiger partial charge in [0, 0.05) is 6.54 Å². The first-order valence-corrected chi connectivity index (χ1v) is 8.86. The van der Waals surface area contributed by atoms with Crippen LogP contribution in [0.5, 0.6) is 5.75 Å². The third-order valence-electron chi connectivity index (χ3n) is 4.51. The van der Waals surface area contributed by atoms with Crippen molar-refractivity contribution in [1.82, 2.24) is 10.2 Å². The molecule has 138 valence electrons. The number of piperidine rings is 1. The number of likely N-dealkylation sites (tertiary alicyclic amines) is 1. The highest BCUT2D eigenvalue weighted by Crippen LogP contribution is 2.24. The number of hydrogen-bond acceptors (Lipinski definition) is 4. The summed E-state index contributed by atoms with van der Waals surface area (Å²) < 4.78 is 5.85. The Kier molecular flexibility index (Phi) is 6.82. The first kappa shape index (κ1) is 19.2. The molecule has 0 saturated carbocycles. The van der Waals surface area contributed by atoms with Crippen LogP contribution in [0, 0.1) is 26.7 Å². The predicted molar refractivity (Wildman–Crippen MR) is 97.5 cm³/mol. The number of carbonyl (C=O) groups is 2. The summed E-state index contributed by atoms with van der Waals surface area (Å²) in [5.41, 5.74) is 8.67. The minimum absolute atomic E-state index is 0.0233. The Morgan fingerprint density at radius 3 is 2.60 bits per heavy atom. The lowest BCUT2D eigenvalue weighted by Gasteiger charge is -2.30. The van der Waals surface area contributed by atoms with Gasteiger partial charge in [-0.05, 0) is 51.3 Å². The van der Waals surface area contributed by atoms with E-state index in [9.17, 15) is 9.59 Å². The smallest absolute Gasteiger partial charge is 0.231 e. The second-order valence-electron chi connectivity index (χ2n) is 6.91. The summed E-state index contributed by atoms with van der Waals surface area (Å²) in [5.74, 6) is 0.481. The molecule has 0 spiro atoms. The van der Waals surface area contributed by atoms with E-state index in [1.807, 2.05) is 18.7 Å². The lowest BCUT2D eigenvalue weighted by Crippen LogP contribution is -2.46. The molecule has 0 aromatic heterocycles. The summed E-state index contributed by atoms with van der Waals surface area (Å²) in [5, 5.41) is 2.94. The van der Waals surface area contributed by atoms with Gasteiger partial charge in [-0.25, -0.2) is 0 Å². The highest BCUT2D eigenvalue weighted by molar-refractivity contribution is 5.79. The Balaban J connectivity index is 1.76. The van der Waals surface area contributed by atoms with Crippen molar-refractivity contribution in [3.05, 3.63) is 28.8 Å². The Bertz CT molecular complexity index is 607. The molecule has 2 amide bonds. The van der Waals surface area contributed by atoms with Crippen molar-refractivity contribution in [3.8, 4) is 5.75 Å². The first-order chi connectivity index (χ1) is 11.9. The van der Waals surface area contributed by atoms with Crippen LogP contribution >= 0.6 is 0 Å². The zero-order chi connectivity index (χ0) is 18.4. The molecule has 0 unspecified atom stereocenters. The number of nitrogens with one attached hydrogen (secondary N) is 1. The Hall–Kier alpha value is -2.08. The number of ether oxygens (including phenoxy) is 1. The second-order valence-corrected chi connectivity index (χ2v) is 6.91. The van der Waals surface area contributed by atoms with E-state index in [1.165, 1.54) is 5.56 Å². The van der Waals surface area contributed by atoms with Gasteiger partial charge in [-0.15, -0.1) is 0 Å². The summed E-state index contributed by atoms with van der Waals surface area (Å²) in [6.07, 6.45) is 1.75. The summed E-state index contributed by atoms with van der Waals surface area (Å²) in [6.45, 7) is 8.67. The normalized spacial score (nSPS) is 18.0. The van der Waals surface area contributed by atoms with Crippen LogP contribution < -0.4 is 15.8 Å². The molecule has 0 aliphatic carbocycles. The van der Waals surface area contributed by atoms with Crippen LogP contribution in [0.3, 0.4) is 0 Å².